The van der Waals surface area contributed by atoms with Gasteiger partial charge in [0.05, 0.1) is 47.4 Å². The summed E-state index contributed by atoms with van der Waals surface area (Å²) in [6.45, 7) is 9.68. The topological polar surface area (TPSA) is 167 Å². The van der Waals surface area contributed by atoms with E-state index in [0.29, 0.717) is 49.6 Å². The molecule has 0 radical (unpaired) electrons. The molecule has 2 saturated heterocycles. The van der Waals surface area contributed by atoms with E-state index in [0.717, 1.165) is 88.1 Å². The summed E-state index contributed by atoms with van der Waals surface area (Å²) in [5.74, 6) is -0.0736. The van der Waals surface area contributed by atoms with Crippen molar-refractivity contribution in [3.63, 3.8) is 0 Å². The zero-order chi connectivity index (χ0) is 55.8. The minimum atomic E-state index is -3.79. The van der Waals surface area contributed by atoms with Gasteiger partial charge in [0, 0.05) is 75.8 Å². The van der Waals surface area contributed by atoms with Crippen LogP contribution in [0, 0.1) is 3.57 Å². The Bertz CT molecular complexity index is 3480. The van der Waals surface area contributed by atoms with Gasteiger partial charge in [-0.3, -0.25) is 0 Å². The van der Waals surface area contributed by atoms with Gasteiger partial charge in [-0.15, -0.1) is 11.3 Å². The molecule has 0 unspecified atom stereocenters. The molecule has 426 valence electrons. The van der Waals surface area contributed by atoms with E-state index in [1.807, 2.05) is 29.1 Å². The van der Waals surface area contributed by atoms with Crippen LogP contribution in [0.25, 0.3) is 33.3 Å². The Balaban J connectivity index is 0.000000141. The summed E-state index contributed by atoms with van der Waals surface area (Å²) in [6, 6.07) is 21.1. The summed E-state index contributed by atoms with van der Waals surface area (Å²) in [5.41, 5.74) is 8.49. The second-order valence-electron chi connectivity index (χ2n) is 21.6. The molecule has 0 atom stereocenters. The van der Waals surface area contributed by atoms with E-state index < -0.39 is 44.2 Å². The second-order valence-corrected chi connectivity index (χ2v) is 40.9. The van der Waals surface area contributed by atoms with Crippen molar-refractivity contribution in [1.29, 1.82) is 0 Å². The van der Waals surface area contributed by atoms with Crippen molar-refractivity contribution in [2.45, 2.75) is 157 Å². The first-order valence-corrected chi connectivity index (χ1v) is 41.8. The number of hydrogen-bond acceptors (Lipinski definition) is 14. The molecule has 14 nitrogen and oxygen atoms in total. The number of rotatable bonds is 17. The van der Waals surface area contributed by atoms with Crippen LogP contribution in [0.15, 0.2) is 129 Å². The van der Waals surface area contributed by atoms with Crippen molar-refractivity contribution in [1.82, 2.24) is 27.9 Å². The Morgan fingerprint density at radius 3 is 1.46 bits per heavy atom. The van der Waals surface area contributed by atoms with E-state index in [1.54, 1.807) is 82.3 Å². The van der Waals surface area contributed by atoms with Crippen molar-refractivity contribution in [3.05, 3.63) is 134 Å². The minimum Gasteiger partial charge on any atom is -0.348 e. The third-order valence-electron chi connectivity index (χ3n) is 16.6. The normalized spacial score (nSPS) is 18.4. The van der Waals surface area contributed by atoms with Crippen LogP contribution in [-0.2, 0) is 39.0 Å². The molecule has 2 aromatic carbocycles. The van der Waals surface area contributed by atoms with Crippen LogP contribution in [0.4, 0.5) is 0 Å². The zero-order valence-electron chi connectivity index (χ0n) is 46.0. The number of benzene rings is 2. The molecule has 2 aliphatic carbocycles. The Kier molecular flexibility index (Phi) is 19.7. The van der Waals surface area contributed by atoms with Gasteiger partial charge in [-0.25, -0.2) is 39.7 Å². The standard InChI is InChI=1S/C24H23N3O4S2.C21H21IN2O4S.3C4H9.C3H2NS.Sn/c28-33(29,19-4-2-1-3-5-19)27-14-21(22-15-32-16-26-22)20-12-18(13-25-23(20)27)17-6-8-24(9-7-17)30-10-11-31-24;22-19-14-24(29(25,26)17-4-2-1-3-5-17)20-18(19)12-16(13-23-20)15-6-8-21(9-7-15)27-10-11-28-21;3*1-3-4-2;1-2-5-3-4-1;/h1-5,12-17H,6-11H2;1-5,12-15H,6-11H2;3*1,3-4H2,2H3;2-3H;. The zero-order valence-corrected chi connectivity index (χ0v) is 54.3. The smallest absolute Gasteiger partial charge is 0.269 e. The maximum Gasteiger partial charge on any atom is 0.269 e. The van der Waals surface area contributed by atoms with Gasteiger partial charge < -0.3 is 18.9 Å². The van der Waals surface area contributed by atoms with Gasteiger partial charge in [0.25, 0.3) is 20.0 Å². The molecule has 8 heterocycles. The summed E-state index contributed by atoms with van der Waals surface area (Å²) in [4.78, 5) is 18.9. The number of nitrogens with zero attached hydrogens (tertiary/aromatic N) is 6. The number of ether oxygens (including phenoxy) is 4. The fraction of sp³-hybridized carbons (Fsp3) is 0.467. The SMILES string of the molecule is CCC[CH2][Sn]([CH2]CCC)([CH2]CCC)[c]1cscn1.O=S(=O)(c1ccccc1)n1cc(-c2cscn2)c2cc(C3CCC4(CC3)OCCO4)cnc21.O=S(=O)(c1ccccc1)n1cc(I)c2cc(C3CCC4(CC3)OCCO4)cnc21. The number of hydrogen-bond donors (Lipinski definition) is 0. The molecule has 80 heavy (non-hydrogen) atoms. The summed E-state index contributed by atoms with van der Waals surface area (Å²) >= 11 is 3.34. The number of unbranched alkanes of at least 4 members (excludes halogenated alkanes) is 3. The average molecular weight is 1380 g/mol. The quantitative estimate of drug-likeness (QED) is 0.0626. The summed E-state index contributed by atoms with van der Waals surface area (Å²) in [5, 5.41) is 5.99. The van der Waals surface area contributed by atoms with Gasteiger partial charge in [-0.05, 0) is 108 Å². The molecule has 2 aliphatic heterocycles. The summed E-state index contributed by atoms with van der Waals surface area (Å²) in [7, 11) is -7.47. The maximum absolute atomic E-state index is 13.4. The fourth-order valence-corrected chi connectivity index (χ4v) is 34.0. The van der Waals surface area contributed by atoms with E-state index >= 15 is 0 Å². The van der Waals surface area contributed by atoms with Crippen LogP contribution < -0.4 is 3.71 Å². The van der Waals surface area contributed by atoms with Gasteiger partial charge in [0.2, 0.25) is 0 Å². The van der Waals surface area contributed by atoms with Gasteiger partial charge >= 0.3 is 122 Å². The molecule has 2 spiro atoms. The number of fused-ring (bicyclic) bond motifs is 2. The molecule has 2 saturated carbocycles. The van der Waals surface area contributed by atoms with Crippen LogP contribution in [0.3, 0.4) is 0 Å². The molecule has 0 amide bonds. The van der Waals surface area contributed by atoms with Crippen LogP contribution >= 0.6 is 45.3 Å². The first-order valence-electron chi connectivity index (χ1n) is 28.4. The second kappa shape index (κ2) is 26.5. The van der Waals surface area contributed by atoms with Gasteiger partial charge in [0.1, 0.15) is 0 Å². The van der Waals surface area contributed by atoms with Crippen LogP contribution in [0.1, 0.15) is 134 Å². The minimum absolute atomic E-state index is 0.228. The van der Waals surface area contributed by atoms with E-state index in [-0.39, 0.29) is 15.6 Å². The number of aromatic nitrogens is 6. The van der Waals surface area contributed by atoms with Crippen LogP contribution in [0.5, 0.6) is 0 Å². The molecular formula is C60H73IN6O8S4Sn. The van der Waals surface area contributed by atoms with E-state index in [9.17, 15) is 16.8 Å². The Labute approximate surface area is 497 Å². The molecule has 4 aliphatic rings. The van der Waals surface area contributed by atoms with Gasteiger partial charge in [-0.2, -0.15) is 0 Å². The van der Waals surface area contributed by atoms with Gasteiger partial charge in [0.15, 0.2) is 22.9 Å². The Morgan fingerprint density at radius 2 is 1.02 bits per heavy atom. The van der Waals surface area contributed by atoms with Crippen molar-refractivity contribution in [3.8, 4) is 11.3 Å². The van der Waals surface area contributed by atoms with Crippen LogP contribution in [-0.4, -0.2) is 101 Å². The monoisotopic (exact) mass is 1380 g/mol. The van der Waals surface area contributed by atoms with E-state index in [1.165, 1.54) is 71.1 Å². The first kappa shape index (κ1) is 59.5. The first-order chi connectivity index (χ1) is 38.8. The predicted molar refractivity (Wildman–Crippen MR) is 330 cm³/mol. The largest absolute Gasteiger partial charge is 0.348 e. The Morgan fingerprint density at radius 1 is 0.588 bits per heavy atom. The number of halogens is 1. The van der Waals surface area contributed by atoms with E-state index in [2.05, 4.69) is 81.3 Å². The van der Waals surface area contributed by atoms with Crippen molar-refractivity contribution < 1.29 is 35.8 Å². The Hall–Kier alpha value is -3.65. The van der Waals surface area contributed by atoms with Gasteiger partial charge in [-0.1, -0.05) is 36.4 Å². The molecule has 12 rings (SSSR count). The third kappa shape index (κ3) is 13.0. The fourth-order valence-electron chi connectivity index (χ4n) is 12.1. The molecule has 4 fully saturated rings. The molecule has 0 bridgehead atoms. The number of pyridine rings is 2. The molecule has 0 N–H and O–H groups in total. The number of thiazole rings is 2. The molecule has 6 aromatic heterocycles. The maximum atomic E-state index is 13.4. The average Bonchev–Trinajstić information content (AvgIpc) is 4.39. The van der Waals surface area contributed by atoms with Crippen LogP contribution in [0.2, 0.25) is 13.3 Å². The summed E-state index contributed by atoms with van der Waals surface area (Å²) < 4.78 is 86.1. The molecule has 8 aromatic rings. The summed E-state index contributed by atoms with van der Waals surface area (Å²) in [6.07, 6.45) is 22.6. The van der Waals surface area contributed by atoms with E-state index in [4.69, 9.17) is 23.9 Å². The van der Waals surface area contributed by atoms with Crippen molar-refractivity contribution in [2.75, 3.05) is 26.4 Å². The predicted octanol–water partition coefficient (Wildman–Crippen LogP) is 14.3. The molecular weight excluding hydrogens is 1310 g/mol. The third-order valence-corrected chi connectivity index (χ3v) is 37.7. The molecule has 20 heteroatoms. The van der Waals surface area contributed by atoms with Crippen molar-refractivity contribution >= 4 is 109 Å². The van der Waals surface area contributed by atoms with Crippen molar-refractivity contribution in [2.24, 2.45) is 0 Å².